The van der Waals surface area contributed by atoms with Crippen LogP contribution in [0.15, 0.2) is 97.2 Å². The zero-order valence-corrected chi connectivity index (χ0v) is 26.3. The summed E-state index contributed by atoms with van der Waals surface area (Å²) in [7, 11) is 1.27. The molecule has 48 heavy (non-hydrogen) atoms. The van der Waals surface area contributed by atoms with Gasteiger partial charge in [0.1, 0.15) is 5.82 Å². The Morgan fingerprint density at radius 2 is 1.77 bits per heavy atom. The van der Waals surface area contributed by atoms with Crippen LogP contribution in [0.1, 0.15) is 61.1 Å². The van der Waals surface area contributed by atoms with Gasteiger partial charge in [0.2, 0.25) is 17.7 Å². The highest BCUT2D eigenvalue weighted by Gasteiger charge is 2.35. The quantitative estimate of drug-likeness (QED) is 0.172. The highest BCUT2D eigenvalue weighted by Crippen LogP contribution is 2.41. The van der Waals surface area contributed by atoms with Gasteiger partial charge in [-0.25, -0.2) is 4.68 Å². The fourth-order valence-corrected chi connectivity index (χ4v) is 5.17. The molecule has 3 N–H and O–H groups in total. The van der Waals surface area contributed by atoms with Crippen LogP contribution < -0.4 is 16.0 Å². The van der Waals surface area contributed by atoms with E-state index in [0.717, 1.165) is 46.4 Å². The lowest BCUT2D eigenvalue weighted by molar-refractivity contribution is -0.140. The number of para-hydroxylation sites is 1. The Balaban J connectivity index is 0.000000490. The second-order valence-electron chi connectivity index (χ2n) is 10.8. The second-order valence-corrected chi connectivity index (χ2v) is 10.8. The van der Waals surface area contributed by atoms with E-state index < -0.39 is 29.5 Å². The van der Waals surface area contributed by atoms with Crippen molar-refractivity contribution in [2.75, 3.05) is 18.6 Å². The molecule has 0 bridgehead atoms. The van der Waals surface area contributed by atoms with Gasteiger partial charge in [-0.15, -0.1) is 0 Å². The van der Waals surface area contributed by atoms with E-state index in [4.69, 9.17) is 5.73 Å². The van der Waals surface area contributed by atoms with Gasteiger partial charge in [-0.1, -0.05) is 55.1 Å². The Kier molecular flexibility index (Phi) is 11.2. The molecular weight excluding hydrogens is 627 g/mol. The number of methoxy groups -OCH3 is 1. The summed E-state index contributed by atoms with van der Waals surface area (Å²) in [6, 6.07) is 21.5. The van der Waals surface area contributed by atoms with Gasteiger partial charge in [-0.2, -0.15) is 18.3 Å². The maximum atomic E-state index is 13.1. The fourth-order valence-electron chi connectivity index (χ4n) is 5.17. The number of alkyl halides is 3. The van der Waals surface area contributed by atoms with Gasteiger partial charge < -0.3 is 15.8 Å². The molecule has 1 aromatic heterocycles. The highest BCUT2D eigenvalue weighted by molar-refractivity contribution is 5.98. The molecule has 4 aromatic rings. The Labute approximate surface area is 278 Å². The summed E-state index contributed by atoms with van der Waals surface area (Å²) in [5.41, 5.74) is 7.68. The number of esters is 1. The minimum atomic E-state index is -4.44. The van der Waals surface area contributed by atoms with Gasteiger partial charge in [-0.05, 0) is 48.4 Å². The Morgan fingerprint density at radius 3 is 2.42 bits per heavy atom. The minimum Gasteiger partial charge on any atom is -0.469 e. The van der Waals surface area contributed by atoms with Crippen LogP contribution in [0.5, 0.6) is 0 Å². The molecule has 3 amide bonds. The van der Waals surface area contributed by atoms with E-state index in [0.29, 0.717) is 13.0 Å². The monoisotopic (exact) mass is 665 g/mol. The zero-order valence-electron chi connectivity index (χ0n) is 26.3. The Hall–Kier alpha value is -5.72. The van der Waals surface area contributed by atoms with E-state index in [1.165, 1.54) is 13.2 Å². The van der Waals surface area contributed by atoms with Crippen molar-refractivity contribution in [3.05, 3.63) is 125 Å². The molecule has 2 heterocycles. The van der Waals surface area contributed by atoms with E-state index in [-0.39, 0.29) is 38.8 Å². The van der Waals surface area contributed by atoms with Crippen molar-refractivity contribution in [3.8, 4) is 5.69 Å². The molecule has 0 unspecified atom stereocenters. The number of hydrogen-bond acceptors (Lipinski definition) is 6. The molecule has 13 heteroatoms. The van der Waals surface area contributed by atoms with Crippen LogP contribution in [-0.2, 0) is 31.8 Å². The van der Waals surface area contributed by atoms with Crippen molar-refractivity contribution in [2.45, 2.75) is 38.4 Å². The maximum absolute atomic E-state index is 13.1. The first kappa shape index (κ1) is 35.1. The molecule has 1 aliphatic rings. The lowest BCUT2D eigenvalue weighted by atomic mass is 9.86. The summed E-state index contributed by atoms with van der Waals surface area (Å²) in [4.78, 5) is 49.1. The van der Waals surface area contributed by atoms with Gasteiger partial charge in [0.15, 0.2) is 0 Å². The molecule has 0 saturated heterocycles. The largest absolute Gasteiger partial charge is 0.469 e. The van der Waals surface area contributed by atoms with Crippen molar-refractivity contribution >= 4 is 29.5 Å². The van der Waals surface area contributed by atoms with Crippen LogP contribution in [-0.4, -0.2) is 47.1 Å². The predicted octanol–water partition coefficient (Wildman–Crippen LogP) is 5.79. The lowest BCUT2D eigenvalue weighted by Gasteiger charge is -2.32. The van der Waals surface area contributed by atoms with E-state index in [9.17, 15) is 32.3 Å². The number of halogens is 3. The number of carbonyl (C=O) groups is 4. The summed E-state index contributed by atoms with van der Waals surface area (Å²) < 4.78 is 42.6. The SMILES string of the molecule is C=C(CC(=O)OC)C(=O)NCc1cccc([C@@H]2CC(=O)N(CC)c3c2cnn3-c2ccccc2)c1.NC(=O)c1cccc(C(F)(F)F)c1.[HH].[HH]. The number of carbonyl (C=O) groups excluding carboxylic acids is 4. The Bertz CT molecular complexity index is 1830. The number of amides is 3. The summed E-state index contributed by atoms with van der Waals surface area (Å²) in [6.07, 6.45) is -2.42. The average Bonchev–Trinajstić information content (AvgIpc) is 3.52. The number of benzene rings is 3. The van der Waals surface area contributed by atoms with Crippen molar-refractivity contribution in [3.63, 3.8) is 0 Å². The van der Waals surface area contributed by atoms with Crippen molar-refractivity contribution < 1.29 is 39.9 Å². The van der Waals surface area contributed by atoms with E-state index in [1.807, 2.05) is 72.4 Å². The standard InChI is InChI=1S/C27H28N4O4.C8H6F3NO.2H2/c1-4-30-24(32)15-22(23-17-29-31(27(23)30)21-11-6-5-7-12-21)20-10-8-9-19(14-20)16-28-26(34)18(2)13-25(33)35-3;9-8(10,11)6-3-1-2-5(4-6)7(12)13;;/h5-12,14,17,22H,2,4,13,15-16H2,1,3H3,(H,28,34);1-4H,(H2,12,13);2*1H/t22-;;;/m0.../s1. The number of anilines is 1. The van der Waals surface area contributed by atoms with Crippen LogP contribution in [0.2, 0.25) is 0 Å². The van der Waals surface area contributed by atoms with E-state index >= 15 is 0 Å². The molecule has 3 aromatic carbocycles. The van der Waals surface area contributed by atoms with E-state index in [2.05, 4.69) is 21.7 Å². The van der Waals surface area contributed by atoms with Gasteiger partial charge in [0, 0.05) is 45.0 Å². The van der Waals surface area contributed by atoms with Gasteiger partial charge in [0.25, 0.3) is 0 Å². The van der Waals surface area contributed by atoms with Gasteiger partial charge in [-0.3, -0.25) is 24.1 Å². The van der Waals surface area contributed by atoms with Crippen molar-refractivity contribution in [1.29, 1.82) is 0 Å². The van der Waals surface area contributed by atoms with Crippen molar-refractivity contribution in [2.24, 2.45) is 5.73 Å². The molecule has 1 aliphatic heterocycles. The fraction of sp³-hybridized carbons (Fsp3) is 0.229. The summed E-state index contributed by atoms with van der Waals surface area (Å²) in [5.74, 6) is -1.10. The molecule has 0 spiro atoms. The van der Waals surface area contributed by atoms with Crippen LogP contribution in [0.4, 0.5) is 19.0 Å². The van der Waals surface area contributed by atoms with Crippen LogP contribution in [0.3, 0.4) is 0 Å². The summed E-state index contributed by atoms with van der Waals surface area (Å²) >= 11 is 0. The van der Waals surface area contributed by atoms with Crippen LogP contribution in [0, 0.1) is 0 Å². The first-order valence-corrected chi connectivity index (χ1v) is 14.9. The van der Waals surface area contributed by atoms with Gasteiger partial charge >= 0.3 is 12.1 Å². The van der Waals surface area contributed by atoms with Crippen molar-refractivity contribution in [1.82, 2.24) is 15.1 Å². The molecule has 254 valence electrons. The third kappa shape index (κ3) is 8.35. The molecular formula is C35H38F3N5O5. The lowest BCUT2D eigenvalue weighted by Crippen LogP contribution is -2.37. The Morgan fingerprint density at radius 1 is 1.06 bits per heavy atom. The number of aromatic nitrogens is 2. The normalized spacial score (nSPS) is 13.9. The summed E-state index contributed by atoms with van der Waals surface area (Å²) in [6.45, 7) is 6.44. The number of primary amides is 1. The average molecular weight is 666 g/mol. The summed E-state index contributed by atoms with van der Waals surface area (Å²) in [5, 5.41) is 7.42. The molecule has 0 fully saturated rings. The first-order valence-electron chi connectivity index (χ1n) is 14.9. The number of ether oxygens (including phenoxy) is 1. The second kappa shape index (κ2) is 15.2. The molecule has 0 radical (unpaired) electrons. The van der Waals surface area contributed by atoms with Gasteiger partial charge in [0.05, 0.1) is 31.0 Å². The molecule has 10 nitrogen and oxygen atoms in total. The highest BCUT2D eigenvalue weighted by atomic mass is 19.4. The molecule has 5 rings (SSSR count). The number of fused-ring (bicyclic) bond motifs is 1. The maximum Gasteiger partial charge on any atom is 0.416 e. The first-order chi connectivity index (χ1) is 22.8. The predicted molar refractivity (Wildman–Crippen MR) is 176 cm³/mol. The number of nitrogens with one attached hydrogen (secondary N) is 1. The molecule has 0 saturated carbocycles. The van der Waals surface area contributed by atoms with Crippen LogP contribution in [0.25, 0.3) is 5.69 Å². The van der Waals surface area contributed by atoms with Crippen LogP contribution >= 0.6 is 0 Å². The third-order valence-corrected chi connectivity index (χ3v) is 7.59. The number of rotatable bonds is 9. The molecule has 1 atom stereocenters. The zero-order chi connectivity index (χ0) is 35.0. The molecule has 0 aliphatic carbocycles. The third-order valence-electron chi connectivity index (χ3n) is 7.59. The van der Waals surface area contributed by atoms with E-state index in [1.54, 1.807) is 4.90 Å². The number of nitrogens with zero attached hydrogens (tertiary/aromatic N) is 3. The minimum absolute atomic E-state index is 0. The topological polar surface area (TPSA) is 137 Å². The smallest absolute Gasteiger partial charge is 0.416 e. The number of nitrogens with two attached hydrogens (primary N) is 1. The number of hydrogen-bond donors (Lipinski definition) is 2.